The molecule has 66 valence electrons. The van der Waals surface area contributed by atoms with Gasteiger partial charge in [0.25, 0.3) is 0 Å². The summed E-state index contributed by atoms with van der Waals surface area (Å²) >= 11 is 5.74. The third-order valence-electron chi connectivity index (χ3n) is 1.52. The first kappa shape index (κ1) is 9.33. The van der Waals surface area contributed by atoms with Crippen LogP contribution in [0.1, 0.15) is 19.4 Å². The minimum absolute atomic E-state index is 0.477. The number of rotatable bonds is 2. The van der Waals surface area contributed by atoms with Crippen LogP contribution in [0, 0.1) is 5.92 Å². The Balaban J connectivity index is 2.85. The fourth-order valence-electron chi connectivity index (χ4n) is 1.16. The van der Waals surface area contributed by atoms with Crippen molar-refractivity contribution in [1.29, 1.82) is 0 Å². The van der Waals surface area contributed by atoms with Gasteiger partial charge in [-0.1, -0.05) is 25.4 Å². The predicted molar refractivity (Wildman–Crippen MR) is 52.2 cm³/mol. The molecule has 0 aromatic carbocycles. The molecule has 2 N–H and O–H groups in total. The zero-order chi connectivity index (χ0) is 9.14. The monoisotopic (exact) mass is 184 g/mol. The Kier molecular flexibility index (Phi) is 2.93. The molecule has 0 saturated carbocycles. The van der Waals surface area contributed by atoms with Crippen LogP contribution >= 0.6 is 11.6 Å². The number of nitrogen functional groups attached to an aromatic ring is 1. The van der Waals surface area contributed by atoms with Crippen LogP contribution in [0.2, 0.25) is 5.15 Å². The summed E-state index contributed by atoms with van der Waals surface area (Å²) in [5, 5.41) is 0.477. The average Bonchev–Trinajstić information content (AvgIpc) is 1.81. The smallest absolute Gasteiger partial charge is 0.131 e. The molecule has 1 aromatic heterocycles. The van der Waals surface area contributed by atoms with Crippen LogP contribution in [0.5, 0.6) is 0 Å². The number of anilines is 1. The highest BCUT2D eigenvalue weighted by molar-refractivity contribution is 6.29. The van der Waals surface area contributed by atoms with E-state index in [0.29, 0.717) is 16.9 Å². The van der Waals surface area contributed by atoms with Crippen LogP contribution in [-0.2, 0) is 6.42 Å². The molecule has 0 aliphatic carbocycles. The molecule has 0 spiro atoms. The van der Waals surface area contributed by atoms with Gasteiger partial charge in [-0.15, -0.1) is 0 Å². The first-order valence-electron chi connectivity index (χ1n) is 4.00. The summed E-state index contributed by atoms with van der Waals surface area (Å²) in [6.45, 7) is 4.31. The molecule has 0 aliphatic rings. The van der Waals surface area contributed by atoms with Crippen molar-refractivity contribution in [2.75, 3.05) is 5.73 Å². The molecule has 2 nitrogen and oxygen atoms in total. The summed E-state index contributed by atoms with van der Waals surface area (Å²) in [6, 6.07) is 3.73. The van der Waals surface area contributed by atoms with E-state index in [1.54, 1.807) is 0 Å². The summed E-state index contributed by atoms with van der Waals surface area (Å²) in [5.41, 5.74) is 6.69. The lowest BCUT2D eigenvalue weighted by molar-refractivity contribution is 0.647. The SMILES string of the molecule is CC(C)Cc1cc(N)nc(Cl)c1. The highest BCUT2D eigenvalue weighted by Gasteiger charge is 2.00. The topological polar surface area (TPSA) is 38.9 Å². The van der Waals surface area contributed by atoms with Crippen LogP contribution in [0.4, 0.5) is 5.82 Å². The number of halogens is 1. The van der Waals surface area contributed by atoms with Crippen LogP contribution in [0.15, 0.2) is 12.1 Å². The zero-order valence-electron chi connectivity index (χ0n) is 7.34. The fourth-order valence-corrected chi connectivity index (χ4v) is 1.40. The summed E-state index contributed by atoms with van der Waals surface area (Å²) in [6.07, 6.45) is 0.992. The van der Waals surface area contributed by atoms with E-state index in [-0.39, 0.29) is 0 Å². The molecular weight excluding hydrogens is 172 g/mol. The number of nitrogens with zero attached hydrogens (tertiary/aromatic N) is 1. The van der Waals surface area contributed by atoms with Crippen molar-refractivity contribution >= 4 is 17.4 Å². The molecule has 0 saturated heterocycles. The lowest BCUT2D eigenvalue weighted by atomic mass is 10.0. The fraction of sp³-hybridized carbons (Fsp3) is 0.444. The lowest BCUT2D eigenvalue weighted by Gasteiger charge is -2.05. The van der Waals surface area contributed by atoms with Crippen molar-refractivity contribution < 1.29 is 0 Å². The third-order valence-corrected chi connectivity index (χ3v) is 1.71. The molecule has 0 fully saturated rings. The van der Waals surface area contributed by atoms with Crippen molar-refractivity contribution in [3.8, 4) is 0 Å². The number of hydrogen-bond donors (Lipinski definition) is 1. The molecule has 0 bridgehead atoms. The number of nitrogens with two attached hydrogens (primary N) is 1. The first-order valence-corrected chi connectivity index (χ1v) is 4.37. The molecule has 12 heavy (non-hydrogen) atoms. The maximum Gasteiger partial charge on any atom is 0.131 e. The molecular formula is C9H13ClN2. The number of pyridine rings is 1. The van der Waals surface area contributed by atoms with Crippen molar-refractivity contribution in [1.82, 2.24) is 4.98 Å². The van der Waals surface area contributed by atoms with E-state index in [1.807, 2.05) is 12.1 Å². The Morgan fingerprint density at radius 2 is 2.17 bits per heavy atom. The third kappa shape index (κ3) is 2.70. The first-order chi connectivity index (χ1) is 5.58. The summed E-state index contributed by atoms with van der Waals surface area (Å²) < 4.78 is 0. The molecule has 0 radical (unpaired) electrons. The maximum absolute atomic E-state index is 5.74. The van der Waals surface area contributed by atoms with E-state index in [9.17, 15) is 0 Å². The molecule has 0 aliphatic heterocycles. The standard InChI is InChI=1S/C9H13ClN2/c1-6(2)3-7-4-8(10)12-9(11)5-7/h4-6H,3H2,1-2H3,(H2,11,12). The van der Waals surface area contributed by atoms with Crippen LogP contribution in [0.25, 0.3) is 0 Å². The van der Waals surface area contributed by atoms with Gasteiger partial charge in [-0.05, 0) is 30.0 Å². The maximum atomic E-state index is 5.74. The van der Waals surface area contributed by atoms with E-state index in [4.69, 9.17) is 17.3 Å². The quantitative estimate of drug-likeness (QED) is 0.718. The molecule has 1 rings (SSSR count). The van der Waals surface area contributed by atoms with Gasteiger partial charge in [-0.3, -0.25) is 0 Å². The Morgan fingerprint density at radius 3 is 2.67 bits per heavy atom. The highest BCUT2D eigenvalue weighted by Crippen LogP contribution is 2.15. The van der Waals surface area contributed by atoms with Gasteiger partial charge in [0.15, 0.2) is 0 Å². The van der Waals surface area contributed by atoms with Gasteiger partial charge in [-0.25, -0.2) is 4.98 Å². The van der Waals surface area contributed by atoms with E-state index < -0.39 is 0 Å². The van der Waals surface area contributed by atoms with Gasteiger partial charge in [0.2, 0.25) is 0 Å². The average molecular weight is 185 g/mol. The summed E-state index contributed by atoms with van der Waals surface area (Å²) in [4.78, 5) is 3.88. The molecule has 1 heterocycles. The highest BCUT2D eigenvalue weighted by atomic mass is 35.5. The summed E-state index contributed by atoms with van der Waals surface area (Å²) in [5.74, 6) is 1.11. The predicted octanol–water partition coefficient (Wildman–Crippen LogP) is 2.52. The zero-order valence-corrected chi connectivity index (χ0v) is 8.10. The number of aromatic nitrogens is 1. The van der Waals surface area contributed by atoms with E-state index in [0.717, 1.165) is 12.0 Å². The van der Waals surface area contributed by atoms with Gasteiger partial charge in [0.1, 0.15) is 11.0 Å². The lowest BCUT2D eigenvalue weighted by Crippen LogP contribution is -1.97. The molecule has 0 atom stereocenters. The Labute approximate surface area is 77.8 Å². The van der Waals surface area contributed by atoms with Crippen LogP contribution in [0.3, 0.4) is 0 Å². The van der Waals surface area contributed by atoms with E-state index in [1.165, 1.54) is 0 Å². The van der Waals surface area contributed by atoms with Crippen molar-refractivity contribution in [2.24, 2.45) is 5.92 Å². The van der Waals surface area contributed by atoms with E-state index in [2.05, 4.69) is 18.8 Å². The van der Waals surface area contributed by atoms with Gasteiger partial charge >= 0.3 is 0 Å². The Morgan fingerprint density at radius 1 is 1.50 bits per heavy atom. The molecule has 3 heteroatoms. The van der Waals surface area contributed by atoms with Crippen molar-refractivity contribution in [3.05, 3.63) is 22.8 Å². The Bertz CT molecular complexity index is 251. The second kappa shape index (κ2) is 3.76. The summed E-state index contributed by atoms with van der Waals surface area (Å²) in [7, 11) is 0. The minimum Gasteiger partial charge on any atom is -0.384 e. The second-order valence-corrected chi connectivity index (χ2v) is 3.71. The largest absolute Gasteiger partial charge is 0.384 e. The van der Waals surface area contributed by atoms with Crippen molar-refractivity contribution in [2.45, 2.75) is 20.3 Å². The van der Waals surface area contributed by atoms with Gasteiger partial charge in [-0.2, -0.15) is 0 Å². The van der Waals surface area contributed by atoms with Crippen LogP contribution in [-0.4, -0.2) is 4.98 Å². The molecule has 0 amide bonds. The molecule has 1 aromatic rings. The molecule has 0 unspecified atom stereocenters. The van der Waals surface area contributed by atoms with Gasteiger partial charge in [0, 0.05) is 0 Å². The normalized spacial score (nSPS) is 10.7. The second-order valence-electron chi connectivity index (χ2n) is 3.32. The van der Waals surface area contributed by atoms with Crippen molar-refractivity contribution in [3.63, 3.8) is 0 Å². The number of hydrogen-bond acceptors (Lipinski definition) is 2. The Hall–Kier alpha value is -0.760. The van der Waals surface area contributed by atoms with Gasteiger partial charge < -0.3 is 5.73 Å². The van der Waals surface area contributed by atoms with E-state index >= 15 is 0 Å². The van der Waals surface area contributed by atoms with Crippen LogP contribution < -0.4 is 5.73 Å². The van der Waals surface area contributed by atoms with Gasteiger partial charge in [0.05, 0.1) is 0 Å². The minimum atomic E-state index is 0.477.